The Balaban J connectivity index is 0.00000161. The summed E-state index contributed by atoms with van der Waals surface area (Å²) in [4.78, 5) is 2.06. The van der Waals surface area contributed by atoms with Crippen LogP contribution >= 0.6 is 0 Å². The summed E-state index contributed by atoms with van der Waals surface area (Å²) in [5.41, 5.74) is 2.65. The van der Waals surface area contributed by atoms with Gasteiger partial charge >= 0.3 is 0 Å². The molecular formula is C18H20NOW-. The molecule has 21 heavy (non-hydrogen) atoms. The first-order valence-electron chi connectivity index (χ1n) is 7.14. The molecule has 2 aromatic carbocycles. The molecule has 0 radical (unpaired) electrons. The molecule has 3 rings (SSSR count). The van der Waals surface area contributed by atoms with E-state index in [4.69, 9.17) is 4.74 Å². The van der Waals surface area contributed by atoms with Gasteiger partial charge in [-0.1, -0.05) is 42.5 Å². The standard InChI is InChI=1S/C18H20NO.W/c1-19-12-11-18(14-19)20-17-9-7-16(8-10-17)13-15-5-3-2-4-6-15;/h2-10,18H,1,11-14H2;/q-1;. The monoisotopic (exact) mass is 450 g/mol. The molecule has 0 bridgehead atoms. The van der Waals surface area contributed by atoms with Gasteiger partial charge in [-0.15, -0.1) is 0 Å². The van der Waals surface area contributed by atoms with Crippen LogP contribution in [0.3, 0.4) is 0 Å². The second-order valence-corrected chi connectivity index (χ2v) is 5.41. The molecule has 1 aliphatic rings. The van der Waals surface area contributed by atoms with Gasteiger partial charge in [-0.2, -0.15) is 0 Å². The molecule has 1 aliphatic heterocycles. The first-order valence-corrected chi connectivity index (χ1v) is 7.14. The summed E-state index contributed by atoms with van der Waals surface area (Å²) in [7, 11) is 3.94. The summed E-state index contributed by atoms with van der Waals surface area (Å²) >= 11 is 0. The zero-order valence-corrected chi connectivity index (χ0v) is 15.0. The normalized spacial score (nSPS) is 18.2. The molecule has 1 saturated heterocycles. The molecular weight excluding hydrogens is 430 g/mol. The van der Waals surface area contributed by atoms with Crippen molar-refractivity contribution in [2.45, 2.75) is 18.9 Å². The van der Waals surface area contributed by atoms with Gasteiger partial charge in [0.2, 0.25) is 0 Å². The number of hydrogen-bond acceptors (Lipinski definition) is 2. The zero-order chi connectivity index (χ0) is 13.8. The molecule has 1 heterocycles. The van der Waals surface area contributed by atoms with E-state index in [1.165, 1.54) is 11.1 Å². The number of rotatable bonds is 4. The fraction of sp³-hybridized carbons (Fsp3) is 0.278. The van der Waals surface area contributed by atoms with Crippen LogP contribution in [0.4, 0.5) is 0 Å². The Bertz CT molecular complexity index is 541. The van der Waals surface area contributed by atoms with Crippen LogP contribution in [0.5, 0.6) is 5.75 Å². The number of benzene rings is 2. The van der Waals surface area contributed by atoms with E-state index >= 15 is 0 Å². The van der Waals surface area contributed by atoms with Gasteiger partial charge in [0.25, 0.3) is 0 Å². The summed E-state index contributed by atoms with van der Waals surface area (Å²) in [6.07, 6.45) is 2.32. The summed E-state index contributed by atoms with van der Waals surface area (Å²) in [5, 5.41) is 0. The van der Waals surface area contributed by atoms with Gasteiger partial charge in [-0.25, -0.2) is 0 Å². The SMILES string of the molecule is [CH2-]N1CCC(Oc2ccc(Cc3ccccc3)cc2)C1.[W]. The van der Waals surface area contributed by atoms with E-state index in [9.17, 15) is 0 Å². The minimum atomic E-state index is 0. The minimum Gasteiger partial charge on any atom is -0.489 e. The van der Waals surface area contributed by atoms with Gasteiger partial charge in [0.1, 0.15) is 11.9 Å². The third-order valence-corrected chi connectivity index (χ3v) is 3.71. The van der Waals surface area contributed by atoms with Crippen LogP contribution in [0.25, 0.3) is 0 Å². The largest absolute Gasteiger partial charge is 0.489 e. The van der Waals surface area contributed by atoms with E-state index in [1.54, 1.807) is 0 Å². The summed E-state index contributed by atoms with van der Waals surface area (Å²) in [6.45, 7) is 1.95. The van der Waals surface area contributed by atoms with Gasteiger partial charge in [0.15, 0.2) is 0 Å². The molecule has 2 aromatic rings. The first kappa shape index (κ1) is 16.3. The average molecular weight is 450 g/mol. The Hall–Kier alpha value is -1.11. The van der Waals surface area contributed by atoms with E-state index in [2.05, 4.69) is 60.5 Å². The Morgan fingerprint density at radius 2 is 1.67 bits per heavy atom. The fourth-order valence-corrected chi connectivity index (χ4v) is 2.60. The number of likely N-dealkylation sites (tertiary alicyclic amines) is 1. The van der Waals surface area contributed by atoms with E-state index < -0.39 is 0 Å². The van der Waals surface area contributed by atoms with Crippen LogP contribution in [0.15, 0.2) is 54.6 Å². The van der Waals surface area contributed by atoms with Crippen molar-refractivity contribution < 1.29 is 25.8 Å². The van der Waals surface area contributed by atoms with Gasteiger partial charge in [-0.3, -0.25) is 7.05 Å². The average Bonchev–Trinajstić information content (AvgIpc) is 2.88. The van der Waals surface area contributed by atoms with Gasteiger partial charge in [0.05, 0.1) is 0 Å². The van der Waals surface area contributed by atoms with Crippen molar-refractivity contribution in [1.29, 1.82) is 0 Å². The molecule has 3 heteroatoms. The topological polar surface area (TPSA) is 12.5 Å². The van der Waals surface area contributed by atoms with Crippen LogP contribution in [0, 0.1) is 7.05 Å². The van der Waals surface area contributed by atoms with Crippen LogP contribution in [-0.2, 0) is 27.5 Å². The van der Waals surface area contributed by atoms with Crippen molar-refractivity contribution in [3.8, 4) is 5.75 Å². The van der Waals surface area contributed by atoms with Crippen molar-refractivity contribution in [3.05, 3.63) is 72.8 Å². The minimum absolute atomic E-state index is 0. The van der Waals surface area contributed by atoms with Crippen LogP contribution in [0.2, 0.25) is 0 Å². The number of hydrogen-bond donors (Lipinski definition) is 0. The van der Waals surface area contributed by atoms with Crippen LogP contribution < -0.4 is 4.74 Å². The van der Waals surface area contributed by atoms with Gasteiger partial charge < -0.3 is 9.64 Å². The zero-order valence-electron chi connectivity index (χ0n) is 12.1. The molecule has 0 saturated carbocycles. The molecule has 2 nitrogen and oxygen atoms in total. The predicted molar refractivity (Wildman–Crippen MR) is 81.7 cm³/mol. The molecule has 0 spiro atoms. The molecule has 1 unspecified atom stereocenters. The summed E-state index contributed by atoms with van der Waals surface area (Å²) < 4.78 is 5.97. The summed E-state index contributed by atoms with van der Waals surface area (Å²) in [6, 6.07) is 19.0. The van der Waals surface area contributed by atoms with Gasteiger partial charge in [0, 0.05) is 27.6 Å². The Labute approximate surface area is 141 Å². The third-order valence-electron chi connectivity index (χ3n) is 3.71. The quantitative estimate of drug-likeness (QED) is 0.662. The van der Waals surface area contributed by atoms with E-state index in [0.29, 0.717) is 0 Å². The summed E-state index contributed by atoms with van der Waals surface area (Å²) in [5.74, 6) is 0.960. The van der Waals surface area contributed by atoms with Crippen molar-refractivity contribution in [2.75, 3.05) is 13.1 Å². The van der Waals surface area contributed by atoms with E-state index in [-0.39, 0.29) is 27.2 Å². The molecule has 1 atom stereocenters. The van der Waals surface area contributed by atoms with Crippen molar-refractivity contribution in [3.63, 3.8) is 0 Å². The van der Waals surface area contributed by atoms with Crippen molar-refractivity contribution >= 4 is 0 Å². The Kier molecular flexibility index (Phi) is 6.02. The maximum Gasteiger partial charge on any atom is 0.119 e. The molecule has 0 aromatic heterocycles. The second-order valence-electron chi connectivity index (χ2n) is 5.41. The second kappa shape index (κ2) is 7.77. The fourth-order valence-electron chi connectivity index (χ4n) is 2.60. The maximum atomic E-state index is 5.97. The molecule has 0 amide bonds. The molecule has 1 fully saturated rings. The van der Waals surface area contributed by atoms with Crippen molar-refractivity contribution in [1.82, 2.24) is 4.90 Å². The van der Waals surface area contributed by atoms with E-state index in [1.807, 2.05) is 6.07 Å². The van der Waals surface area contributed by atoms with Crippen molar-refractivity contribution in [2.24, 2.45) is 0 Å². The Morgan fingerprint density at radius 1 is 1.00 bits per heavy atom. The Morgan fingerprint density at radius 3 is 2.29 bits per heavy atom. The van der Waals surface area contributed by atoms with Crippen LogP contribution in [-0.4, -0.2) is 24.1 Å². The van der Waals surface area contributed by atoms with Gasteiger partial charge in [-0.05, 0) is 42.6 Å². The smallest absolute Gasteiger partial charge is 0.119 e. The van der Waals surface area contributed by atoms with Crippen LogP contribution in [0.1, 0.15) is 17.5 Å². The molecule has 110 valence electrons. The predicted octanol–water partition coefficient (Wildman–Crippen LogP) is 3.52. The van der Waals surface area contributed by atoms with E-state index in [0.717, 1.165) is 31.7 Å². The first-order chi connectivity index (χ1) is 9.79. The number of nitrogens with zero attached hydrogens (tertiary/aromatic N) is 1. The molecule has 0 N–H and O–H groups in total. The maximum absolute atomic E-state index is 5.97. The molecule has 0 aliphatic carbocycles. The number of ether oxygens (including phenoxy) is 1. The third kappa shape index (κ3) is 4.69.